The lowest BCUT2D eigenvalue weighted by Gasteiger charge is -2.22. The number of benzene rings is 2. The van der Waals surface area contributed by atoms with Gasteiger partial charge in [-0.2, -0.15) is 5.10 Å². The number of anilines is 2. The highest BCUT2D eigenvalue weighted by Gasteiger charge is 2.23. The number of aromatic nitrogens is 2. The summed E-state index contributed by atoms with van der Waals surface area (Å²) in [4.78, 5) is 27.5. The zero-order chi connectivity index (χ0) is 24.7. The molecule has 0 bridgehead atoms. The molecule has 1 aromatic heterocycles. The smallest absolute Gasteiger partial charge is 0.315 e. The van der Waals surface area contributed by atoms with Crippen LogP contribution < -0.4 is 10.6 Å². The Hall–Kier alpha value is -3.13. The Morgan fingerprint density at radius 3 is 2.32 bits per heavy atom. The maximum Gasteiger partial charge on any atom is 0.322 e. The van der Waals surface area contributed by atoms with Crippen molar-refractivity contribution in [1.29, 1.82) is 0 Å². The molecule has 8 heteroatoms. The van der Waals surface area contributed by atoms with E-state index in [-0.39, 0.29) is 23.9 Å². The third kappa shape index (κ3) is 6.93. The number of para-hydroxylation sites is 1. The summed E-state index contributed by atoms with van der Waals surface area (Å²) in [5.74, 6) is 0.296. The summed E-state index contributed by atoms with van der Waals surface area (Å²) in [5.41, 5.74) is 2.20. The first-order valence-electron chi connectivity index (χ1n) is 11.4. The van der Waals surface area contributed by atoms with Crippen LogP contribution in [0, 0.1) is 0 Å². The van der Waals surface area contributed by atoms with Crippen LogP contribution in [0.15, 0.2) is 65.1 Å². The molecule has 0 atom stereocenters. The number of hydrogen-bond acceptors (Lipinski definition) is 3. The molecule has 2 N–H and O–H groups in total. The van der Waals surface area contributed by atoms with Crippen LogP contribution in [0.1, 0.15) is 46.2 Å². The fourth-order valence-electron chi connectivity index (χ4n) is 3.30. The number of carbonyl (C=O) groups excluding carboxylic acids is 2. The number of halogens is 1. The second-order valence-electron chi connectivity index (χ2n) is 9.17. The molecule has 0 saturated heterocycles. The van der Waals surface area contributed by atoms with Crippen molar-refractivity contribution in [3.8, 4) is 5.69 Å². The number of unbranched alkanes of at least 4 members (excludes halogenated alkanes) is 1. The second kappa shape index (κ2) is 11.3. The maximum absolute atomic E-state index is 13.0. The van der Waals surface area contributed by atoms with Gasteiger partial charge in [-0.15, -0.1) is 0 Å². The van der Waals surface area contributed by atoms with Gasteiger partial charge in [0.05, 0.1) is 11.4 Å². The molecule has 0 aliphatic heterocycles. The van der Waals surface area contributed by atoms with E-state index in [9.17, 15) is 9.59 Å². The van der Waals surface area contributed by atoms with Gasteiger partial charge in [-0.25, -0.2) is 9.48 Å². The van der Waals surface area contributed by atoms with Crippen molar-refractivity contribution < 1.29 is 9.59 Å². The van der Waals surface area contributed by atoms with E-state index in [4.69, 9.17) is 5.10 Å². The molecule has 1 heterocycles. The standard InChI is InChI=1S/C26H32BrN5O2/c1-5-6-16-31(25(34)28-20-14-12-19(27)13-15-20)18-24(33)29-23-17-22(26(2,3)4)30-32(23)21-10-8-7-9-11-21/h7-15,17H,5-6,16,18H2,1-4H3,(H,28,34)(H,29,33). The van der Waals surface area contributed by atoms with Crippen LogP contribution in [0.4, 0.5) is 16.3 Å². The van der Waals surface area contributed by atoms with E-state index in [2.05, 4.69) is 54.3 Å². The van der Waals surface area contributed by atoms with Crippen molar-refractivity contribution in [2.45, 2.75) is 46.0 Å². The van der Waals surface area contributed by atoms with Crippen molar-refractivity contribution in [3.63, 3.8) is 0 Å². The van der Waals surface area contributed by atoms with Crippen molar-refractivity contribution in [1.82, 2.24) is 14.7 Å². The Labute approximate surface area is 209 Å². The molecule has 3 rings (SSSR count). The van der Waals surface area contributed by atoms with Crippen molar-refractivity contribution in [2.75, 3.05) is 23.7 Å². The molecule has 0 radical (unpaired) electrons. The van der Waals surface area contributed by atoms with Gasteiger partial charge in [0, 0.05) is 28.2 Å². The Morgan fingerprint density at radius 2 is 1.71 bits per heavy atom. The Bertz CT molecular complexity index is 1100. The Morgan fingerprint density at radius 1 is 1.03 bits per heavy atom. The molecule has 3 aromatic rings. The number of nitrogens with zero attached hydrogens (tertiary/aromatic N) is 3. The van der Waals surface area contributed by atoms with E-state index in [0.29, 0.717) is 18.1 Å². The van der Waals surface area contributed by atoms with E-state index < -0.39 is 0 Å². The fraction of sp³-hybridized carbons (Fsp3) is 0.346. The molecule has 0 spiro atoms. The highest BCUT2D eigenvalue weighted by atomic mass is 79.9. The topological polar surface area (TPSA) is 79.3 Å². The summed E-state index contributed by atoms with van der Waals surface area (Å²) in [7, 11) is 0. The van der Waals surface area contributed by atoms with E-state index in [1.165, 1.54) is 4.90 Å². The van der Waals surface area contributed by atoms with Crippen LogP contribution in [0.25, 0.3) is 5.69 Å². The summed E-state index contributed by atoms with van der Waals surface area (Å²) in [5, 5.41) is 10.6. The quantitative estimate of drug-likeness (QED) is 0.367. The number of hydrogen-bond donors (Lipinski definition) is 2. The van der Waals surface area contributed by atoms with E-state index in [0.717, 1.165) is 28.7 Å². The lowest BCUT2D eigenvalue weighted by Crippen LogP contribution is -2.41. The third-order valence-corrected chi connectivity index (χ3v) is 5.77. The van der Waals surface area contributed by atoms with Crippen molar-refractivity contribution in [2.24, 2.45) is 0 Å². The van der Waals surface area contributed by atoms with Crippen molar-refractivity contribution in [3.05, 3.63) is 70.8 Å². The predicted octanol–water partition coefficient (Wildman–Crippen LogP) is 6.21. The van der Waals surface area contributed by atoms with E-state index in [1.54, 1.807) is 4.68 Å². The number of carbonyl (C=O) groups is 2. The molecule has 3 amide bonds. The minimum Gasteiger partial charge on any atom is -0.315 e. The summed E-state index contributed by atoms with van der Waals surface area (Å²) in [6, 6.07) is 18.6. The van der Waals surface area contributed by atoms with Gasteiger partial charge in [-0.3, -0.25) is 4.79 Å². The number of urea groups is 1. The van der Waals surface area contributed by atoms with Gasteiger partial charge in [0.15, 0.2) is 0 Å². The Balaban J connectivity index is 1.77. The number of nitrogens with one attached hydrogen (secondary N) is 2. The molecular weight excluding hydrogens is 494 g/mol. The van der Waals surface area contributed by atoms with Crippen molar-refractivity contribution >= 4 is 39.4 Å². The largest absolute Gasteiger partial charge is 0.322 e. The van der Waals surface area contributed by atoms with Gasteiger partial charge < -0.3 is 15.5 Å². The zero-order valence-corrected chi connectivity index (χ0v) is 21.7. The van der Waals surface area contributed by atoms with Gasteiger partial charge >= 0.3 is 6.03 Å². The summed E-state index contributed by atoms with van der Waals surface area (Å²) < 4.78 is 2.66. The van der Waals surface area contributed by atoms with E-state index >= 15 is 0 Å². The van der Waals surface area contributed by atoms with Crippen LogP contribution in [0.5, 0.6) is 0 Å². The minimum atomic E-state index is -0.308. The van der Waals surface area contributed by atoms with Gasteiger partial charge in [0.25, 0.3) is 0 Å². The monoisotopic (exact) mass is 525 g/mol. The molecule has 2 aromatic carbocycles. The number of amides is 3. The van der Waals surface area contributed by atoms with Gasteiger partial charge in [-0.1, -0.05) is 68.2 Å². The summed E-state index contributed by atoms with van der Waals surface area (Å²) >= 11 is 3.39. The lowest BCUT2D eigenvalue weighted by molar-refractivity contribution is -0.116. The van der Waals surface area contributed by atoms with Gasteiger partial charge in [-0.05, 0) is 42.8 Å². The van der Waals surface area contributed by atoms with Crippen LogP contribution in [-0.4, -0.2) is 39.7 Å². The van der Waals surface area contributed by atoms with Crippen LogP contribution in [0.3, 0.4) is 0 Å². The lowest BCUT2D eigenvalue weighted by atomic mass is 9.92. The molecule has 0 fully saturated rings. The van der Waals surface area contributed by atoms with Gasteiger partial charge in [0.2, 0.25) is 5.91 Å². The van der Waals surface area contributed by atoms with Crippen LogP contribution in [-0.2, 0) is 10.2 Å². The normalized spacial score (nSPS) is 11.2. The molecule has 0 aliphatic rings. The highest BCUT2D eigenvalue weighted by molar-refractivity contribution is 9.10. The predicted molar refractivity (Wildman–Crippen MR) is 141 cm³/mol. The first kappa shape index (κ1) is 25.5. The highest BCUT2D eigenvalue weighted by Crippen LogP contribution is 2.26. The molecule has 180 valence electrons. The molecule has 34 heavy (non-hydrogen) atoms. The summed E-state index contributed by atoms with van der Waals surface area (Å²) in [6.07, 6.45) is 1.72. The zero-order valence-electron chi connectivity index (χ0n) is 20.1. The molecular formula is C26H32BrN5O2. The van der Waals surface area contributed by atoms with Crippen LogP contribution in [0.2, 0.25) is 0 Å². The van der Waals surface area contributed by atoms with E-state index in [1.807, 2.05) is 60.7 Å². The molecule has 0 unspecified atom stereocenters. The SMILES string of the molecule is CCCCN(CC(=O)Nc1cc(C(C)(C)C)nn1-c1ccccc1)C(=O)Nc1ccc(Br)cc1. The minimum absolute atomic E-state index is 0.0623. The fourth-order valence-corrected chi connectivity index (χ4v) is 3.56. The maximum atomic E-state index is 13.0. The van der Waals surface area contributed by atoms with Gasteiger partial charge in [0.1, 0.15) is 12.4 Å². The molecule has 7 nitrogen and oxygen atoms in total. The first-order valence-corrected chi connectivity index (χ1v) is 12.2. The average Bonchev–Trinajstić information content (AvgIpc) is 3.23. The van der Waals surface area contributed by atoms with Crippen LogP contribution >= 0.6 is 15.9 Å². The third-order valence-electron chi connectivity index (χ3n) is 5.24. The number of rotatable bonds is 8. The molecule has 0 saturated carbocycles. The first-order chi connectivity index (χ1) is 16.2. The Kier molecular flexibility index (Phi) is 8.50. The summed E-state index contributed by atoms with van der Waals surface area (Å²) in [6.45, 7) is 8.71. The average molecular weight is 526 g/mol. The second-order valence-corrected chi connectivity index (χ2v) is 10.1. The molecule has 0 aliphatic carbocycles.